The Morgan fingerprint density at radius 3 is 2.25 bits per heavy atom. The lowest BCUT2D eigenvalue weighted by atomic mass is 9.78. The number of aliphatic hydroxyl groups excluding tert-OH is 1. The van der Waals surface area contributed by atoms with Crippen molar-refractivity contribution in [2.24, 2.45) is 5.92 Å². The summed E-state index contributed by atoms with van der Waals surface area (Å²) in [5, 5.41) is 20.3. The number of halogens is 2. The molecule has 3 aliphatic rings. The molecule has 3 aromatic rings. The van der Waals surface area contributed by atoms with E-state index in [0.717, 1.165) is 24.0 Å². The first-order valence-corrected chi connectivity index (χ1v) is 16.5. The third-order valence-corrected chi connectivity index (χ3v) is 9.86. The first-order chi connectivity index (χ1) is 23.1. The van der Waals surface area contributed by atoms with Crippen LogP contribution in [0, 0.1) is 17.6 Å². The first-order valence-electron chi connectivity index (χ1n) is 16.5. The van der Waals surface area contributed by atoms with Crippen molar-refractivity contribution in [1.29, 1.82) is 0 Å². The van der Waals surface area contributed by atoms with E-state index in [4.69, 9.17) is 9.47 Å². The van der Waals surface area contributed by atoms with Gasteiger partial charge in [0, 0.05) is 12.2 Å². The molecule has 0 saturated carbocycles. The Bertz CT molecular complexity index is 1600. The highest BCUT2D eigenvalue weighted by atomic mass is 19.1. The van der Waals surface area contributed by atoms with E-state index >= 15 is 0 Å². The smallest absolute Gasteiger partial charge is 0.326 e. The highest BCUT2D eigenvalue weighted by Crippen LogP contribution is 2.46. The summed E-state index contributed by atoms with van der Waals surface area (Å²) in [5.41, 5.74) is 2.48. The number of carbonyl (C=O) groups excluding carboxylic acids is 2. The molecular formula is C37H40F2N2O7. The van der Waals surface area contributed by atoms with E-state index in [0.29, 0.717) is 63.1 Å². The van der Waals surface area contributed by atoms with Gasteiger partial charge in [-0.25, -0.2) is 13.6 Å². The number of hydrogen-bond acceptors (Lipinski definition) is 6. The van der Waals surface area contributed by atoms with Crippen LogP contribution in [0.4, 0.5) is 14.5 Å². The van der Waals surface area contributed by atoms with Crippen molar-refractivity contribution < 1.29 is 42.9 Å². The molecule has 48 heavy (non-hydrogen) atoms. The van der Waals surface area contributed by atoms with Crippen LogP contribution in [0.5, 0.6) is 0 Å². The van der Waals surface area contributed by atoms with Crippen LogP contribution in [0.15, 0.2) is 72.8 Å². The van der Waals surface area contributed by atoms with Gasteiger partial charge in [-0.1, -0.05) is 36.4 Å². The van der Waals surface area contributed by atoms with Crippen LogP contribution >= 0.6 is 0 Å². The van der Waals surface area contributed by atoms with Gasteiger partial charge in [0.2, 0.25) is 11.8 Å². The predicted octanol–water partition coefficient (Wildman–Crippen LogP) is 5.37. The van der Waals surface area contributed by atoms with Crippen LogP contribution in [0.25, 0.3) is 0 Å². The number of carboxylic acids is 1. The number of hydrogen-bond donors (Lipinski definition) is 2. The third-order valence-electron chi connectivity index (χ3n) is 9.86. The maximum absolute atomic E-state index is 13.7. The molecule has 3 saturated heterocycles. The van der Waals surface area contributed by atoms with Gasteiger partial charge < -0.3 is 29.5 Å². The number of carboxylic acid groups (broad SMARTS) is 1. The van der Waals surface area contributed by atoms with Crippen LogP contribution in [0.1, 0.15) is 67.4 Å². The molecule has 254 valence electrons. The van der Waals surface area contributed by atoms with Crippen molar-refractivity contribution in [3.05, 3.63) is 101 Å². The normalized spacial score (nSPS) is 22.5. The number of amides is 2. The summed E-state index contributed by atoms with van der Waals surface area (Å²) in [7, 11) is 0. The molecule has 3 aromatic carbocycles. The van der Waals surface area contributed by atoms with Crippen LogP contribution in [0.3, 0.4) is 0 Å². The van der Waals surface area contributed by atoms with E-state index in [9.17, 15) is 33.4 Å². The Morgan fingerprint density at radius 1 is 0.958 bits per heavy atom. The van der Waals surface area contributed by atoms with Crippen LogP contribution in [-0.2, 0) is 30.3 Å². The lowest BCUT2D eigenvalue weighted by Crippen LogP contribution is -2.55. The summed E-state index contributed by atoms with van der Waals surface area (Å²) in [6, 6.07) is 18.3. The first kappa shape index (κ1) is 33.7. The molecule has 11 heteroatoms. The highest BCUT2D eigenvalue weighted by molar-refractivity contribution is 6.03. The van der Waals surface area contributed by atoms with Crippen molar-refractivity contribution in [1.82, 2.24) is 4.90 Å². The second kappa shape index (κ2) is 14.5. The molecule has 3 fully saturated rings. The van der Waals surface area contributed by atoms with Crippen LogP contribution in [-0.4, -0.2) is 70.9 Å². The van der Waals surface area contributed by atoms with E-state index in [1.807, 2.05) is 24.3 Å². The van der Waals surface area contributed by atoms with Crippen molar-refractivity contribution in [3.8, 4) is 0 Å². The van der Waals surface area contributed by atoms with E-state index in [-0.39, 0.29) is 30.3 Å². The molecule has 1 unspecified atom stereocenters. The SMILES string of the molecule is O=C(O)C1CCCCN1C(=O)COC1(CCc2ccc([C@@H]3[C@@H](CC[C@H](O)c4ccc(F)cc4)C(=O)N3c3ccc(F)cc3)cc2)COC1. The van der Waals surface area contributed by atoms with Gasteiger partial charge in [0.1, 0.15) is 29.9 Å². The maximum Gasteiger partial charge on any atom is 0.326 e. The fourth-order valence-electron chi connectivity index (χ4n) is 6.96. The average molecular weight is 663 g/mol. The Labute approximate surface area is 278 Å². The topological polar surface area (TPSA) is 117 Å². The van der Waals surface area contributed by atoms with Crippen molar-refractivity contribution in [2.75, 3.05) is 31.3 Å². The summed E-state index contributed by atoms with van der Waals surface area (Å²) in [6.07, 6.45) is 3.13. The lowest BCUT2D eigenvalue weighted by Gasteiger charge is -2.48. The minimum Gasteiger partial charge on any atom is -0.480 e. The second-order valence-corrected chi connectivity index (χ2v) is 13.0. The number of likely N-dealkylation sites (tertiary alicyclic amines) is 1. The standard InChI is InChI=1S/C37H40F2N2O7/c38-27-10-8-25(9-11-27)32(42)17-16-30-34(41(35(30)44)29-14-12-28(39)13-15-29)26-6-4-24(5-7-26)18-19-37(22-47-23-37)48-21-33(43)40-20-2-1-3-31(40)36(45)46/h4-15,30-32,34,42H,1-3,16-23H2,(H,45,46)/t30-,31?,32+,34-/m1/s1. The summed E-state index contributed by atoms with van der Waals surface area (Å²) in [5.74, 6) is -2.61. The van der Waals surface area contributed by atoms with Gasteiger partial charge >= 0.3 is 5.97 Å². The van der Waals surface area contributed by atoms with Crippen molar-refractivity contribution in [2.45, 2.75) is 68.7 Å². The molecule has 4 atom stereocenters. The Morgan fingerprint density at radius 2 is 1.62 bits per heavy atom. The zero-order chi connectivity index (χ0) is 33.8. The number of aliphatic carboxylic acids is 1. The summed E-state index contributed by atoms with van der Waals surface area (Å²) in [6.45, 7) is 0.917. The summed E-state index contributed by atoms with van der Waals surface area (Å²) < 4.78 is 38.6. The Balaban J connectivity index is 1.10. The molecule has 0 aliphatic carbocycles. The molecule has 3 aliphatic heterocycles. The number of β-lactam (4-membered cyclic amide) rings is 1. The number of aryl methyl sites for hydroxylation is 1. The number of anilines is 1. The number of benzene rings is 3. The molecule has 0 radical (unpaired) electrons. The number of ether oxygens (including phenoxy) is 2. The number of aliphatic hydroxyl groups is 1. The Kier molecular flexibility index (Phi) is 10.2. The van der Waals surface area contributed by atoms with E-state index in [1.165, 1.54) is 41.3 Å². The van der Waals surface area contributed by atoms with Crippen molar-refractivity contribution >= 4 is 23.5 Å². The van der Waals surface area contributed by atoms with Crippen LogP contribution in [0.2, 0.25) is 0 Å². The molecule has 3 heterocycles. The number of piperidine rings is 1. The van der Waals surface area contributed by atoms with Gasteiger partial charge in [0.05, 0.1) is 31.3 Å². The molecule has 2 N–H and O–H groups in total. The van der Waals surface area contributed by atoms with Gasteiger partial charge in [-0.2, -0.15) is 0 Å². The predicted molar refractivity (Wildman–Crippen MR) is 172 cm³/mol. The monoisotopic (exact) mass is 662 g/mol. The van der Waals surface area contributed by atoms with Crippen LogP contribution < -0.4 is 4.90 Å². The molecule has 0 aromatic heterocycles. The quantitative estimate of drug-likeness (QED) is 0.237. The largest absolute Gasteiger partial charge is 0.480 e. The Hall–Kier alpha value is -4.19. The molecule has 0 spiro atoms. The number of carbonyl (C=O) groups is 3. The van der Waals surface area contributed by atoms with Crippen molar-refractivity contribution in [3.63, 3.8) is 0 Å². The summed E-state index contributed by atoms with van der Waals surface area (Å²) >= 11 is 0. The maximum atomic E-state index is 13.7. The lowest BCUT2D eigenvalue weighted by molar-refractivity contribution is -0.215. The minimum absolute atomic E-state index is 0.111. The fraction of sp³-hybridized carbons (Fsp3) is 0.432. The minimum atomic E-state index is -0.992. The van der Waals surface area contributed by atoms with E-state index in [1.54, 1.807) is 17.0 Å². The van der Waals surface area contributed by atoms with Gasteiger partial charge in [-0.05, 0) is 98.0 Å². The third kappa shape index (κ3) is 7.28. The number of nitrogens with zero attached hydrogens (tertiary/aromatic N) is 2. The van der Waals surface area contributed by atoms with Gasteiger partial charge in [-0.15, -0.1) is 0 Å². The van der Waals surface area contributed by atoms with Gasteiger partial charge in [-0.3, -0.25) is 9.59 Å². The zero-order valence-electron chi connectivity index (χ0n) is 26.6. The number of rotatable bonds is 13. The second-order valence-electron chi connectivity index (χ2n) is 13.0. The zero-order valence-corrected chi connectivity index (χ0v) is 26.6. The fourth-order valence-corrected chi connectivity index (χ4v) is 6.96. The van der Waals surface area contributed by atoms with E-state index in [2.05, 4.69) is 0 Å². The average Bonchev–Trinajstić information content (AvgIpc) is 3.07. The molecule has 6 rings (SSSR count). The molecule has 9 nitrogen and oxygen atoms in total. The van der Waals surface area contributed by atoms with Gasteiger partial charge in [0.15, 0.2) is 0 Å². The van der Waals surface area contributed by atoms with Gasteiger partial charge in [0.25, 0.3) is 0 Å². The molecular weight excluding hydrogens is 622 g/mol. The molecule has 2 amide bonds. The molecule has 0 bridgehead atoms. The summed E-state index contributed by atoms with van der Waals surface area (Å²) in [4.78, 5) is 41.0. The highest BCUT2D eigenvalue weighted by Gasteiger charge is 2.48. The van der Waals surface area contributed by atoms with E-state index < -0.39 is 35.5 Å².